The Labute approximate surface area is 128 Å². The van der Waals surface area contributed by atoms with Crippen molar-refractivity contribution < 1.29 is 9.90 Å². The second-order valence-corrected chi connectivity index (χ2v) is 5.71. The van der Waals surface area contributed by atoms with Gasteiger partial charge < -0.3 is 16.2 Å². The average Bonchev–Trinajstić information content (AvgIpc) is 2.54. The highest BCUT2D eigenvalue weighted by molar-refractivity contribution is 5.96. The third-order valence-electron chi connectivity index (χ3n) is 3.10. The molecule has 7 nitrogen and oxygen atoms in total. The molecule has 0 aliphatic heterocycles. The molecule has 116 valence electrons. The number of pyridine rings is 1. The maximum atomic E-state index is 12.2. The highest BCUT2D eigenvalue weighted by Crippen LogP contribution is 2.16. The summed E-state index contributed by atoms with van der Waals surface area (Å²) in [6.45, 7) is 3.94. The van der Waals surface area contributed by atoms with E-state index in [1.165, 1.54) is 6.20 Å². The molecule has 4 N–H and O–H groups in total. The van der Waals surface area contributed by atoms with Gasteiger partial charge >= 0.3 is 0 Å². The molecular formula is C15H19N5O2. The first-order chi connectivity index (χ1) is 10.4. The van der Waals surface area contributed by atoms with Crippen LogP contribution in [0.4, 0.5) is 5.82 Å². The first kappa shape index (κ1) is 15.8. The SMILES string of the molecule is CC(C)(CO)CNC(=O)c1nc(-c2ccccn2)cnc1N. The van der Waals surface area contributed by atoms with E-state index in [1.54, 1.807) is 18.3 Å². The molecule has 0 fully saturated rings. The van der Waals surface area contributed by atoms with Crippen molar-refractivity contribution in [3.05, 3.63) is 36.3 Å². The summed E-state index contributed by atoms with van der Waals surface area (Å²) in [5.74, 6) is -0.372. The Morgan fingerprint density at radius 2 is 2.09 bits per heavy atom. The number of nitrogens with two attached hydrogens (primary N) is 1. The Hall–Kier alpha value is -2.54. The number of anilines is 1. The number of nitrogens with one attached hydrogen (secondary N) is 1. The lowest BCUT2D eigenvalue weighted by Gasteiger charge is -2.21. The van der Waals surface area contributed by atoms with Crippen molar-refractivity contribution in [1.29, 1.82) is 0 Å². The van der Waals surface area contributed by atoms with Crippen LogP contribution in [0.1, 0.15) is 24.3 Å². The fourth-order valence-electron chi connectivity index (χ4n) is 1.66. The van der Waals surface area contributed by atoms with E-state index in [1.807, 2.05) is 19.9 Å². The van der Waals surface area contributed by atoms with Crippen LogP contribution in [0.2, 0.25) is 0 Å². The quantitative estimate of drug-likeness (QED) is 0.755. The monoisotopic (exact) mass is 301 g/mol. The van der Waals surface area contributed by atoms with Crippen molar-refractivity contribution in [1.82, 2.24) is 20.3 Å². The van der Waals surface area contributed by atoms with Crippen molar-refractivity contribution in [3.8, 4) is 11.4 Å². The van der Waals surface area contributed by atoms with Gasteiger partial charge in [-0.25, -0.2) is 9.97 Å². The number of nitrogen functional groups attached to an aromatic ring is 1. The van der Waals surface area contributed by atoms with Crippen molar-refractivity contribution in [2.24, 2.45) is 5.41 Å². The molecule has 0 unspecified atom stereocenters. The molecule has 0 bridgehead atoms. The molecule has 2 heterocycles. The largest absolute Gasteiger partial charge is 0.396 e. The maximum absolute atomic E-state index is 12.2. The summed E-state index contributed by atoms with van der Waals surface area (Å²) in [5.41, 5.74) is 6.45. The molecule has 22 heavy (non-hydrogen) atoms. The molecule has 2 aromatic rings. The van der Waals surface area contributed by atoms with Crippen molar-refractivity contribution in [3.63, 3.8) is 0 Å². The molecule has 7 heteroatoms. The van der Waals surface area contributed by atoms with Crippen molar-refractivity contribution in [2.75, 3.05) is 18.9 Å². The van der Waals surface area contributed by atoms with Crippen LogP contribution in [0, 0.1) is 5.41 Å². The number of nitrogens with zero attached hydrogens (tertiary/aromatic N) is 3. The zero-order valence-electron chi connectivity index (χ0n) is 12.6. The topological polar surface area (TPSA) is 114 Å². The van der Waals surface area contributed by atoms with E-state index in [-0.39, 0.29) is 18.1 Å². The molecule has 2 rings (SSSR count). The Morgan fingerprint density at radius 1 is 1.32 bits per heavy atom. The van der Waals surface area contributed by atoms with Gasteiger partial charge in [-0.05, 0) is 12.1 Å². The van der Waals surface area contributed by atoms with Crippen LogP contribution in [-0.2, 0) is 0 Å². The third-order valence-corrected chi connectivity index (χ3v) is 3.10. The van der Waals surface area contributed by atoms with Gasteiger partial charge in [-0.2, -0.15) is 0 Å². The first-order valence-corrected chi connectivity index (χ1v) is 6.86. The van der Waals surface area contributed by atoms with Gasteiger partial charge in [0.05, 0.1) is 11.9 Å². The van der Waals surface area contributed by atoms with Gasteiger partial charge in [0.2, 0.25) is 0 Å². The zero-order valence-corrected chi connectivity index (χ0v) is 12.6. The predicted octanol–water partition coefficient (Wildman–Crippen LogP) is 0.869. The Balaban J connectivity index is 2.22. The van der Waals surface area contributed by atoms with E-state index in [4.69, 9.17) is 5.73 Å². The fourth-order valence-corrected chi connectivity index (χ4v) is 1.66. The minimum atomic E-state index is -0.427. The summed E-state index contributed by atoms with van der Waals surface area (Å²) in [6.07, 6.45) is 3.11. The van der Waals surface area contributed by atoms with Crippen molar-refractivity contribution >= 4 is 11.7 Å². The van der Waals surface area contributed by atoms with Crippen molar-refractivity contribution in [2.45, 2.75) is 13.8 Å². The normalized spacial score (nSPS) is 11.2. The molecule has 0 spiro atoms. The number of aromatic nitrogens is 3. The number of hydrogen-bond acceptors (Lipinski definition) is 6. The van der Waals surface area contributed by atoms with E-state index in [9.17, 15) is 9.90 Å². The van der Waals surface area contributed by atoms with Gasteiger partial charge in [0, 0.05) is 24.8 Å². The van der Waals surface area contributed by atoms with Crippen LogP contribution < -0.4 is 11.1 Å². The fraction of sp³-hybridized carbons (Fsp3) is 0.333. The molecule has 0 radical (unpaired) electrons. The second kappa shape index (κ2) is 6.48. The lowest BCUT2D eigenvalue weighted by molar-refractivity contribution is 0.0907. The molecule has 0 atom stereocenters. The number of hydrogen-bond donors (Lipinski definition) is 3. The van der Waals surface area contributed by atoms with Gasteiger partial charge in [-0.3, -0.25) is 9.78 Å². The minimum absolute atomic E-state index is 0.0393. The summed E-state index contributed by atoms with van der Waals surface area (Å²) in [6, 6.07) is 5.39. The second-order valence-electron chi connectivity index (χ2n) is 5.71. The Morgan fingerprint density at radius 3 is 2.73 bits per heavy atom. The lowest BCUT2D eigenvalue weighted by atomic mass is 9.95. The lowest BCUT2D eigenvalue weighted by Crippen LogP contribution is -2.36. The smallest absolute Gasteiger partial charge is 0.273 e. The number of carbonyl (C=O) groups excluding carboxylic acids is 1. The summed E-state index contributed by atoms with van der Waals surface area (Å²) in [5, 5.41) is 11.9. The van der Waals surface area contributed by atoms with Gasteiger partial charge in [-0.15, -0.1) is 0 Å². The van der Waals surface area contributed by atoms with Gasteiger partial charge in [0.25, 0.3) is 5.91 Å². The van der Waals surface area contributed by atoms with Crippen LogP contribution in [0.15, 0.2) is 30.6 Å². The summed E-state index contributed by atoms with van der Waals surface area (Å²) < 4.78 is 0. The van der Waals surface area contributed by atoms with E-state index in [0.29, 0.717) is 17.9 Å². The molecule has 0 saturated heterocycles. The number of aliphatic hydroxyl groups is 1. The number of aliphatic hydroxyl groups excluding tert-OH is 1. The molecule has 0 aliphatic rings. The summed E-state index contributed by atoms with van der Waals surface area (Å²) in [7, 11) is 0. The standard InChI is InChI=1S/C15H19N5O2/c1-15(2,9-21)8-19-14(22)12-13(16)18-7-11(20-12)10-5-3-4-6-17-10/h3-7,21H,8-9H2,1-2H3,(H2,16,18)(H,19,22). The highest BCUT2D eigenvalue weighted by atomic mass is 16.3. The van der Waals surface area contributed by atoms with Crippen LogP contribution in [0.5, 0.6) is 0 Å². The molecule has 0 aliphatic carbocycles. The van der Waals surface area contributed by atoms with E-state index < -0.39 is 11.3 Å². The van der Waals surface area contributed by atoms with Gasteiger partial charge in [0.15, 0.2) is 11.5 Å². The maximum Gasteiger partial charge on any atom is 0.273 e. The average molecular weight is 301 g/mol. The van der Waals surface area contributed by atoms with E-state index >= 15 is 0 Å². The minimum Gasteiger partial charge on any atom is -0.396 e. The molecule has 2 aromatic heterocycles. The van der Waals surface area contributed by atoms with Crippen LogP contribution >= 0.6 is 0 Å². The number of amides is 1. The third kappa shape index (κ3) is 3.76. The molecule has 0 saturated carbocycles. The highest BCUT2D eigenvalue weighted by Gasteiger charge is 2.20. The van der Waals surface area contributed by atoms with Crippen LogP contribution in [0.3, 0.4) is 0 Å². The number of rotatable bonds is 5. The summed E-state index contributed by atoms with van der Waals surface area (Å²) in [4.78, 5) is 24.6. The van der Waals surface area contributed by atoms with Crippen LogP contribution in [0.25, 0.3) is 11.4 Å². The first-order valence-electron chi connectivity index (χ1n) is 6.86. The Bertz CT molecular complexity index is 658. The molecular weight excluding hydrogens is 282 g/mol. The number of carbonyl (C=O) groups is 1. The molecule has 1 amide bonds. The zero-order chi connectivity index (χ0) is 16.2. The Kier molecular flexibility index (Phi) is 4.67. The predicted molar refractivity (Wildman–Crippen MR) is 82.9 cm³/mol. The van der Waals surface area contributed by atoms with E-state index in [0.717, 1.165) is 0 Å². The van der Waals surface area contributed by atoms with Crippen LogP contribution in [-0.4, -0.2) is 39.1 Å². The van der Waals surface area contributed by atoms with E-state index in [2.05, 4.69) is 20.3 Å². The summed E-state index contributed by atoms with van der Waals surface area (Å²) >= 11 is 0. The molecule has 0 aromatic carbocycles. The van der Waals surface area contributed by atoms with Gasteiger partial charge in [-0.1, -0.05) is 19.9 Å². The van der Waals surface area contributed by atoms with Gasteiger partial charge in [0.1, 0.15) is 5.69 Å².